The third-order valence-electron chi connectivity index (χ3n) is 4.95. The molecule has 1 amide bonds. The van der Waals surface area contributed by atoms with Gasteiger partial charge in [-0.3, -0.25) is 0 Å². The van der Waals surface area contributed by atoms with Gasteiger partial charge in [0.2, 0.25) is 0 Å². The Labute approximate surface area is 149 Å². The van der Waals surface area contributed by atoms with Gasteiger partial charge in [0.25, 0.3) is 10.2 Å². The molecule has 9 nitrogen and oxygen atoms in total. The van der Waals surface area contributed by atoms with Crippen LogP contribution in [0.4, 0.5) is 4.79 Å². The van der Waals surface area contributed by atoms with E-state index >= 15 is 0 Å². The van der Waals surface area contributed by atoms with Gasteiger partial charge < -0.3 is 19.1 Å². The lowest BCUT2D eigenvalue weighted by molar-refractivity contribution is -0.0939. The van der Waals surface area contributed by atoms with E-state index in [0.29, 0.717) is 59.1 Å². The Bertz CT molecular complexity index is 550. The van der Waals surface area contributed by atoms with E-state index in [4.69, 9.17) is 14.2 Å². The summed E-state index contributed by atoms with van der Waals surface area (Å²) in [6.45, 7) is 5.59. The van der Waals surface area contributed by atoms with E-state index in [1.54, 1.807) is 16.1 Å². The summed E-state index contributed by atoms with van der Waals surface area (Å²) in [4.78, 5) is 13.3. The molecule has 3 fully saturated rings. The molecule has 0 N–H and O–H groups in total. The average molecular weight is 377 g/mol. The van der Waals surface area contributed by atoms with Gasteiger partial charge in [-0.05, 0) is 19.8 Å². The number of hydrogen-bond donors (Lipinski definition) is 0. The lowest BCUT2D eigenvalue weighted by Crippen LogP contribution is -2.55. The zero-order chi connectivity index (χ0) is 17.9. The fourth-order valence-electron chi connectivity index (χ4n) is 3.51. The van der Waals surface area contributed by atoms with Gasteiger partial charge in [-0.2, -0.15) is 17.0 Å². The van der Waals surface area contributed by atoms with Crippen molar-refractivity contribution < 1.29 is 27.4 Å². The molecule has 144 valence electrons. The Morgan fingerprint density at radius 1 is 1.00 bits per heavy atom. The molecule has 25 heavy (non-hydrogen) atoms. The van der Waals surface area contributed by atoms with Crippen LogP contribution in [0.2, 0.25) is 0 Å². The molecule has 3 aliphatic heterocycles. The highest BCUT2D eigenvalue weighted by atomic mass is 32.2. The maximum Gasteiger partial charge on any atom is 0.409 e. The fourth-order valence-corrected chi connectivity index (χ4v) is 5.13. The van der Waals surface area contributed by atoms with E-state index in [0.717, 1.165) is 12.8 Å². The highest BCUT2D eigenvalue weighted by Gasteiger charge is 2.38. The Balaban J connectivity index is 1.50. The molecule has 0 saturated carbocycles. The molecule has 3 rings (SSSR count). The SMILES string of the molecule is CCOC(=O)N1CCN(S(=O)(=O)N2CCC(C3OCCO3)CC2)CC1. The zero-order valence-electron chi connectivity index (χ0n) is 14.6. The summed E-state index contributed by atoms with van der Waals surface area (Å²) in [7, 11) is -3.49. The smallest absolute Gasteiger partial charge is 0.409 e. The van der Waals surface area contributed by atoms with E-state index in [-0.39, 0.29) is 18.3 Å². The van der Waals surface area contributed by atoms with Crippen molar-refractivity contribution in [2.45, 2.75) is 26.1 Å². The van der Waals surface area contributed by atoms with Gasteiger partial charge in [0.05, 0.1) is 19.8 Å². The third-order valence-corrected chi connectivity index (χ3v) is 6.98. The van der Waals surface area contributed by atoms with Gasteiger partial charge in [0.15, 0.2) is 6.29 Å². The number of carbonyl (C=O) groups excluding carboxylic acids is 1. The van der Waals surface area contributed by atoms with Crippen molar-refractivity contribution >= 4 is 16.3 Å². The first kappa shape index (κ1) is 18.8. The zero-order valence-corrected chi connectivity index (χ0v) is 15.4. The quantitative estimate of drug-likeness (QED) is 0.690. The molecular weight excluding hydrogens is 350 g/mol. The first-order valence-electron chi connectivity index (χ1n) is 8.92. The van der Waals surface area contributed by atoms with Crippen molar-refractivity contribution in [3.8, 4) is 0 Å². The number of carbonyl (C=O) groups is 1. The molecule has 0 aliphatic carbocycles. The van der Waals surface area contributed by atoms with Crippen LogP contribution in [0.1, 0.15) is 19.8 Å². The standard InChI is InChI=1S/C15H27N3O6S/c1-2-22-15(19)16-7-9-18(10-8-16)25(20,21)17-5-3-13(4-6-17)14-23-11-12-24-14/h13-14H,2-12H2,1H3. The number of rotatable bonds is 4. The van der Waals surface area contributed by atoms with Crippen LogP contribution in [0, 0.1) is 5.92 Å². The van der Waals surface area contributed by atoms with Crippen LogP contribution in [0.5, 0.6) is 0 Å². The van der Waals surface area contributed by atoms with Crippen LogP contribution >= 0.6 is 0 Å². The van der Waals surface area contributed by atoms with E-state index in [1.165, 1.54) is 4.31 Å². The van der Waals surface area contributed by atoms with Gasteiger partial charge >= 0.3 is 6.09 Å². The maximum absolute atomic E-state index is 12.8. The monoisotopic (exact) mass is 377 g/mol. The molecule has 0 aromatic heterocycles. The van der Waals surface area contributed by atoms with E-state index in [1.807, 2.05) is 0 Å². The number of piperazine rings is 1. The highest BCUT2D eigenvalue weighted by molar-refractivity contribution is 7.86. The van der Waals surface area contributed by atoms with Gasteiger partial charge in [-0.15, -0.1) is 0 Å². The molecule has 3 aliphatic rings. The molecule has 3 saturated heterocycles. The summed E-state index contributed by atoms with van der Waals surface area (Å²) in [5.74, 6) is 0.259. The Hall–Kier alpha value is -0.940. The summed E-state index contributed by atoms with van der Waals surface area (Å²) >= 11 is 0. The lowest BCUT2D eigenvalue weighted by atomic mass is 9.98. The van der Waals surface area contributed by atoms with Gasteiger partial charge in [-0.1, -0.05) is 0 Å². The highest BCUT2D eigenvalue weighted by Crippen LogP contribution is 2.28. The average Bonchev–Trinajstić information content (AvgIpc) is 3.17. The molecule has 0 aromatic carbocycles. The van der Waals surface area contributed by atoms with Crippen molar-refractivity contribution in [3.63, 3.8) is 0 Å². The second-order valence-corrected chi connectivity index (χ2v) is 8.37. The van der Waals surface area contributed by atoms with Crippen LogP contribution in [0.15, 0.2) is 0 Å². The lowest BCUT2D eigenvalue weighted by Gasteiger charge is -2.39. The largest absolute Gasteiger partial charge is 0.450 e. The molecular formula is C15H27N3O6S. The van der Waals surface area contributed by atoms with Crippen molar-refractivity contribution in [2.24, 2.45) is 5.92 Å². The molecule has 0 atom stereocenters. The number of nitrogens with zero attached hydrogens (tertiary/aromatic N) is 3. The molecule has 3 heterocycles. The summed E-state index contributed by atoms with van der Waals surface area (Å²) in [5, 5.41) is 0. The van der Waals surface area contributed by atoms with Crippen LogP contribution in [0.3, 0.4) is 0 Å². The molecule has 0 bridgehead atoms. The van der Waals surface area contributed by atoms with Crippen LogP contribution in [-0.4, -0.2) is 93.4 Å². The van der Waals surface area contributed by atoms with E-state index < -0.39 is 10.2 Å². The van der Waals surface area contributed by atoms with Crippen molar-refractivity contribution in [2.75, 3.05) is 59.1 Å². The van der Waals surface area contributed by atoms with Gasteiger partial charge in [0.1, 0.15) is 0 Å². The second-order valence-electron chi connectivity index (χ2n) is 6.44. The number of amides is 1. The molecule has 10 heteroatoms. The summed E-state index contributed by atoms with van der Waals surface area (Å²) in [6, 6.07) is 0. The van der Waals surface area contributed by atoms with Crippen LogP contribution < -0.4 is 0 Å². The first-order chi connectivity index (χ1) is 12.0. The maximum atomic E-state index is 12.8. The predicted molar refractivity (Wildman–Crippen MR) is 89.1 cm³/mol. The summed E-state index contributed by atoms with van der Waals surface area (Å²) < 4.78 is 44.7. The number of piperidine rings is 1. The van der Waals surface area contributed by atoms with Crippen LogP contribution in [0.25, 0.3) is 0 Å². The van der Waals surface area contributed by atoms with Gasteiger partial charge in [0, 0.05) is 45.2 Å². The minimum atomic E-state index is -3.49. The Morgan fingerprint density at radius 3 is 2.12 bits per heavy atom. The van der Waals surface area contributed by atoms with Crippen molar-refractivity contribution in [3.05, 3.63) is 0 Å². The second kappa shape index (κ2) is 8.17. The first-order valence-corrected chi connectivity index (χ1v) is 10.3. The third kappa shape index (κ3) is 4.25. The van der Waals surface area contributed by atoms with Crippen molar-refractivity contribution in [1.82, 2.24) is 13.5 Å². The van der Waals surface area contributed by atoms with Crippen LogP contribution in [-0.2, 0) is 24.4 Å². The minimum Gasteiger partial charge on any atom is -0.450 e. The topological polar surface area (TPSA) is 88.6 Å². The summed E-state index contributed by atoms with van der Waals surface area (Å²) in [5.41, 5.74) is 0. The number of hydrogen-bond acceptors (Lipinski definition) is 6. The van der Waals surface area contributed by atoms with Gasteiger partial charge in [-0.25, -0.2) is 4.79 Å². The Kier molecular flexibility index (Phi) is 6.16. The van der Waals surface area contributed by atoms with E-state index in [9.17, 15) is 13.2 Å². The van der Waals surface area contributed by atoms with E-state index in [2.05, 4.69) is 0 Å². The van der Waals surface area contributed by atoms with Crippen molar-refractivity contribution in [1.29, 1.82) is 0 Å². The normalized spacial score (nSPS) is 25.4. The number of ether oxygens (including phenoxy) is 3. The molecule has 0 unspecified atom stereocenters. The molecule has 0 aromatic rings. The summed E-state index contributed by atoms with van der Waals surface area (Å²) in [6.07, 6.45) is 0.925. The Morgan fingerprint density at radius 2 is 1.56 bits per heavy atom. The predicted octanol–water partition coefficient (Wildman–Crippen LogP) is 0.0902. The molecule has 0 radical (unpaired) electrons. The molecule has 0 spiro atoms. The minimum absolute atomic E-state index is 0.182. The fraction of sp³-hybridized carbons (Fsp3) is 0.933.